The van der Waals surface area contributed by atoms with Crippen LogP contribution in [0.2, 0.25) is 0 Å². The summed E-state index contributed by atoms with van der Waals surface area (Å²) in [5.74, 6) is 2.82. The lowest BCUT2D eigenvalue weighted by molar-refractivity contribution is -0.207. The number of esters is 1. The first-order valence-corrected chi connectivity index (χ1v) is 12.1. The van der Waals surface area contributed by atoms with Crippen LogP contribution < -0.4 is 0 Å². The second-order valence-corrected chi connectivity index (χ2v) is 12.1. The Kier molecular flexibility index (Phi) is 4.05. The normalized spacial score (nSPS) is 55.0. The van der Waals surface area contributed by atoms with Gasteiger partial charge in [-0.15, -0.1) is 12.6 Å². The van der Waals surface area contributed by atoms with Gasteiger partial charge >= 0.3 is 5.97 Å². The largest absolute Gasteiger partial charge is 0.459 e. The molecule has 4 nitrogen and oxygen atoms in total. The Morgan fingerprint density at radius 3 is 2.61 bits per heavy atom. The third kappa shape index (κ3) is 2.75. The molecule has 7 fully saturated rings. The Labute approximate surface area is 173 Å². The van der Waals surface area contributed by atoms with Gasteiger partial charge in [-0.25, -0.2) is 0 Å². The average Bonchev–Trinajstić information content (AvgIpc) is 3.16. The van der Waals surface area contributed by atoms with E-state index < -0.39 is 0 Å². The van der Waals surface area contributed by atoms with Gasteiger partial charge in [0.1, 0.15) is 6.10 Å². The third-order valence-electron chi connectivity index (χ3n) is 9.07. The zero-order chi connectivity index (χ0) is 19.3. The molecule has 5 heteroatoms. The number of carbonyl (C=O) groups is 1. The van der Waals surface area contributed by atoms with Crippen LogP contribution in [0.5, 0.6) is 0 Å². The van der Waals surface area contributed by atoms with Crippen LogP contribution in [0, 0.1) is 35.0 Å². The van der Waals surface area contributed by atoms with E-state index in [9.17, 15) is 4.79 Å². The summed E-state index contributed by atoms with van der Waals surface area (Å²) in [4.78, 5) is 12.0. The molecule has 156 valence electrons. The van der Waals surface area contributed by atoms with E-state index in [-0.39, 0.29) is 41.2 Å². The minimum absolute atomic E-state index is 0.0148. The molecule has 0 N–H and O–H groups in total. The van der Waals surface area contributed by atoms with Crippen molar-refractivity contribution in [3.63, 3.8) is 0 Å². The summed E-state index contributed by atoms with van der Waals surface area (Å²) in [7, 11) is 0. The van der Waals surface area contributed by atoms with Gasteiger partial charge < -0.3 is 14.2 Å². The molecule has 6 saturated carbocycles. The van der Waals surface area contributed by atoms with Gasteiger partial charge in [0.15, 0.2) is 0 Å². The topological polar surface area (TPSA) is 44.8 Å². The SMILES string of the molecule is CC(S)OC12CC3CC(CC(CC(C)OC4C5CC6C(=O)OC4C6C5)(C3)C1)C2. The summed E-state index contributed by atoms with van der Waals surface area (Å²) in [6, 6.07) is 0. The predicted octanol–water partition coefficient (Wildman–Crippen LogP) is 4.36. The summed E-state index contributed by atoms with van der Waals surface area (Å²) >= 11 is 4.56. The highest BCUT2D eigenvalue weighted by Gasteiger charge is 2.63. The van der Waals surface area contributed by atoms with Crippen LogP contribution in [0.1, 0.15) is 71.6 Å². The molecule has 0 aromatic heterocycles. The van der Waals surface area contributed by atoms with E-state index in [2.05, 4.69) is 26.5 Å². The lowest BCUT2D eigenvalue weighted by Gasteiger charge is -2.62. The van der Waals surface area contributed by atoms with E-state index in [1.165, 1.54) is 38.5 Å². The molecule has 9 unspecified atom stereocenters. The number of thiol groups is 1. The van der Waals surface area contributed by atoms with E-state index in [1.807, 2.05) is 0 Å². The molecule has 6 aliphatic carbocycles. The van der Waals surface area contributed by atoms with Crippen molar-refractivity contribution >= 4 is 18.6 Å². The third-order valence-corrected chi connectivity index (χ3v) is 9.18. The maximum Gasteiger partial charge on any atom is 0.309 e. The van der Waals surface area contributed by atoms with Crippen LogP contribution in [-0.2, 0) is 19.0 Å². The standard InChI is InChI=1S/C23H34O4S/c1-12(25-19-16-4-17-18(5-16)21(24)26-20(17)19)6-22-7-14-3-15(8-22)10-23(9-14,11-22)27-13(2)28/h12-20,28H,3-11H2,1-2H3. The number of hydrogen-bond acceptors (Lipinski definition) is 5. The number of rotatable bonds is 6. The predicted molar refractivity (Wildman–Crippen MR) is 108 cm³/mol. The monoisotopic (exact) mass is 406 g/mol. The number of hydrogen-bond donors (Lipinski definition) is 1. The Morgan fingerprint density at radius 2 is 1.89 bits per heavy atom. The van der Waals surface area contributed by atoms with Gasteiger partial charge in [0.25, 0.3) is 0 Å². The van der Waals surface area contributed by atoms with Gasteiger partial charge in [0.05, 0.1) is 29.2 Å². The lowest BCUT2D eigenvalue weighted by Crippen LogP contribution is -2.58. The fourth-order valence-electron chi connectivity index (χ4n) is 9.12. The zero-order valence-corrected chi connectivity index (χ0v) is 18.0. The smallest absolute Gasteiger partial charge is 0.309 e. The minimum Gasteiger partial charge on any atom is -0.459 e. The molecule has 28 heavy (non-hydrogen) atoms. The first-order chi connectivity index (χ1) is 13.3. The average molecular weight is 407 g/mol. The molecular formula is C23H34O4S. The molecule has 1 aliphatic heterocycles. The Balaban J connectivity index is 1.16. The van der Waals surface area contributed by atoms with E-state index in [0.29, 0.717) is 17.3 Å². The van der Waals surface area contributed by atoms with Crippen LogP contribution in [0.15, 0.2) is 0 Å². The summed E-state index contributed by atoms with van der Waals surface area (Å²) in [5.41, 5.74) is 0.450. The lowest BCUT2D eigenvalue weighted by atomic mass is 9.47. The van der Waals surface area contributed by atoms with E-state index in [1.54, 1.807) is 0 Å². The van der Waals surface area contributed by atoms with Gasteiger partial charge in [-0.05, 0) is 94.8 Å². The fraction of sp³-hybridized carbons (Fsp3) is 0.957. The van der Waals surface area contributed by atoms with Crippen molar-refractivity contribution in [2.45, 2.75) is 101 Å². The highest BCUT2D eigenvalue weighted by atomic mass is 32.1. The van der Waals surface area contributed by atoms with Crippen LogP contribution >= 0.6 is 12.6 Å². The molecule has 9 atom stereocenters. The number of ether oxygens (including phenoxy) is 3. The van der Waals surface area contributed by atoms with Crippen molar-refractivity contribution in [3.05, 3.63) is 0 Å². The molecule has 6 bridgehead atoms. The molecule has 7 aliphatic rings. The highest BCUT2D eigenvalue weighted by Crippen LogP contribution is 2.65. The van der Waals surface area contributed by atoms with E-state index >= 15 is 0 Å². The van der Waals surface area contributed by atoms with Gasteiger partial charge in [-0.3, -0.25) is 4.79 Å². The highest BCUT2D eigenvalue weighted by molar-refractivity contribution is 7.80. The molecule has 1 heterocycles. The molecule has 0 amide bonds. The minimum atomic E-state index is 0.0148. The molecule has 0 aromatic rings. The van der Waals surface area contributed by atoms with Crippen molar-refractivity contribution in [1.82, 2.24) is 0 Å². The van der Waals surface area contributed by atoms with Gasteiger partial charge in [0.2, 0.25) is 0 Å². The van der Waals surface area contributed by atoms with Crippen molar-refractivity contribution < 1.29 is 19.0 Å². The molecule has 0 radical (unpaired) electrons. The Morgan fingerprint density at radius 1 is 1.14 bits per heavy atom. The summed E-state index contributed by atoms with van der Waals surface area (Å²) in [5, 5.41) is 0. The van der Waals surface area contributed by atoms with E-state index in [4.69, 9.17) is 14.2 Å². The molecular weight excluding hydrogens is 372 g/mol. The van der Waals surface area contributed by atoms with E-state index in [0.717, 1.165) is 31.1 Å². The van der Waals surface area contributed by atoms with Crippen LogP contribution in [0.25, 0.3) is 0 Å². The van der Waals surface area contributed by atoms with Crippen molar-refractivity contribution in [2.75, 3.05) is 0 Å². The molecule has 0 spiro atoms. The van der Waals surface area contributed by atoms with Gasteiger partial charge in [-0.1, -0.05) is 0 Å². The van der Waals surface area contributed by atoms with Gasteiger partial charge in [-0.2, -0.15) is 0 Å². The van der Waals surface area contributed by atoms with Crippen molar-refractivity contribution in [3.8, 4) is 0 Å². The Hall–Kier alpha value is -0.260. The second-order valence-electron chi connectivity index (χ2n) is 11.4. The maximum absolute atomic E-state index is 12.0. The first kappa shape index (κ1) is 18.5. The van der Waals surface area contributed by atoms with Crippen LogP contribution in [0.3, 0.4) is 0 Å². The van der Waals surface area contributed by atoms with Gasteiger partial charge in [0, 0.05) is 5.92 Å². The summed E-state index contributed by atoms with van der Waals surface area (Å²) < 4.78 is 18.8. The Bertz CT molecular complexity index is 658. The molecule has 7 rings (SSSR count). The van der Waals surface area contributed by atoms with Crippen LogP contribution in [0.4, 0.5) is 0 Å². The summed E-state index contributed by atoms with van der Waals surface area (Å²) in [6.45, 7) is 4.32. The van der Waals surface area contributed by atoms with Crippen molar-refractivity contribution in [2.24, 2.45) is 35.0 Å². The fourth-order valence-corrected chi connectivity index (χ4v) is 9.34. The zero-order valence-electron chi connectivity index (χ0n) is 17.1. The first-order valence-electron chi connectivity index (χ1n) is 11.6. The molecule has 1 saturated heterocycles. The maximum atomic E-state index is 12.0. The quantitative estimate of drug-likeness (QED) is 0.404. The van der Waals surface area contributed by atoms with Crippen molar-refractivity contribution in [1.29, 1.82) is 0 Å². The second kappa shape index (κ2) is 6.13. The number of carbonyl (C=O) groups excluding carboxylic acids is 1. The molecule has 0 aromatic carbocycles. The number of fused-ring (bicyclic) bond motifs is 1. The van der Waals surface area contributed by atoms with Crippen LogP contribution in [-0.4, -0.2) is 35.3 Å². The summed E-state index contributed by atoms with van der Waals surface area (Å²) in [6.07, 6.45) is 11.4.